The maximum absolute atomic E-state index is 13.1. The van der Waals surface area contributed by atoms with Crippen LogP contribution < -0.4 is 15.0 Å². The Morgan fingerprint density at radius 2 is 1.58 bits per heavy atom. The number of carbonyl (C=O) groups is 2. The fraction of sp³-hybridized carbons (Fsp3) is 0.366. The summed E-state index contributed by atoms with van der Waals surface area (Å²) in [5.74, 6) is -0.0915. The standard InChI is InChI=1S/C22H21Cl3N4O.C19H25ClN2O2S/c1-14-20(22(30)27-28-11-3-2-4-12-28)26-29(19-10-9-17(24)13-18(19)25)21(14)15-5-7-16(23)8-6-15;1-6-7-10-22-12-16(19(2,3)4)25-18(22)21-17(23)14-11-13(20)8-9-15(14)24-5/h5-10,13H,2-4,11-12H2,1H3,(H,27,30);8-9,11-12H,6-7,10H2,1-5H3. The molecule has 1 aliphatic heterocycles. The number of hydrogen-bond acceptors (Lipinski definition) is 6. The number of rotatable bonds is 9. The van der Waals surface area contributed by atoms with Gasteiger partial charge in [-0.3, -0.25) is 15.0 Å². The molecule has 2 amide bonds. The first-order valence-corrected chi connectivity index (χ1v) is 20.5. The maximum atomic E-state index is 13.1. The third-order valence-corrected chi connectivity index (χ3v) is 11.5. The summed E-state index contributed by atoms with van der Waals surface area (Å²) in [6.07, 6.45) is 7.58. The molecule has 9 nitrogen and oxygen atoms in total. The minimum absolute atomic E-state index is 0.0171. The highest BCUT2D eigenvalue weighted by Gasteiger charge is 2.25. The first-order valence-electron chi connectivity index (χ1n) is 18.2. The third-order valence-electron chi connectivity index (χ3n) is 9.01. The predicted octanol–water partition coefficient (Wildman–Crippen LogP) is 11.0. The van der Waals surface area contributed by atoms with Crippen LogP contribution in [-0.4, -0.2) is 51.4 Å². The molecule has 6 rings (SSSR count). The van der Waals surface area contributed by atoms with Gasteiger partial charge in [-0.05, 0) is 80.1 Å². The van der Waals surface area contributed by atoms with Crippen molar-refractivity contribution in [2.24, 2.45) is 4.99 Å². The average molecular weight is 845 g/mol. The van der Waals surface area contributed by atoms with Gasteiger partial charge < -0.3 is 9.30 Å². The minimum Gasteiger partial charge on any atom is -0.496 e. The summed E-state index contributed by atoms with van der Waals surface area (Å²) >= 11 is 26.2. The molecule has 3 aromatic carbocycles. The molecule has 0 saturated carbocycles. The van der Waals surface area contributed by atoms with Crippen molar-refractivity contribution in [2.75, 3.05) is 20.2 Å². The fourth-order valence-corrected chi connectivity index (χ4v) is 7.84. The molecule has 0 radical (unpaired) electrons. The molecule has 55 heavy (non-hydrogen) atoms. The number of nitrogens with one attached hydrogen (secondary N) is 1. The summed E-state index contributed by atoms with van der Waals surface area (Å²) in [5.41, 5.74) is 6.81. The van der Waals surface area contributed by atoms with Gasteiger partial charge in [0.2, 0.25) is 0 Å². The molecule has 2 aromatic heterocycles. The van der Waals surface area contributed by atoms with Gasteiger partial charge in [0.1, 0.15) is 5.75 Å². The predicted molar refractivity (Wildman–Crippen MR) is 225 cm³/mol. The van der Waals surface area contributed by atoms with Crippen LogP contribution in [0.4, 0.5) is 0 Å². The molecule has 14 heteroatoms. The second kappa shape index (κ2) is 19.0. The van der Waals surface area contributed by atoms with Crippen molar-refractivity contribution in [1.82, 2.24) is 24.8 Å². The number of halogens is 4. The number of benzene rings is 3. The number of aryl methyl sites for hydroxylation is 1. The molecule has 1 saturated heterocycles. The van der Waals surface area contributed by atoms with Crippen LogP contribution in [0.1, 0.15) is 91.1 Å². The van der Waals surface area contributed by atoms with Gasteiger partial charge >= 0.3 is 0 Å². The van der Waals surface area contributed by atoms with E-state index >= 15 is 0 Å². The van der Waals surface area contributed by atoms with Crippen LogP contribution in [0.15, 0.2) is 71.9 Å². The first kappa shape index (κ1) is 42.5. The number of unbranched alkanes of at least 4 members (excludes halogenated alkanes) is 1. The minimum atomic E-state index is -0.341. The zero-order valence-electron chi connectivity index (χ0n) is 31.9. The van der Waals surface area contributed by atoms with Crippen molar-refractivity contribution in [2.45, 2.75) is 78.7 Å². The Labute approximate surface area is 346 Å². The van der Waals surface area contributed by atoms with Gasteiger partial charge in [-0.25, -0.2) is 9.69 Å². The van der Waals surface area contributed by atoms with Gasteiger partial charge in [-0.15, -0.1) is 11.3 Å². The second-order valence-corrected chi connectivity index (χ2v) is 17.0. The number of thiazole rings is 1. The molecular weight excluding hydrogens is 798 g/mol. The van der Waals surface area contributed by atoms with Gasteiger partial charge in [-0.1, -0.05) is 99.1 Å². The average Bonchev–Trinajstić information content (AvgIpc) is 3.72. The fourth-order valence-electron chi connectivity index (χ4n) is 5.98. The lowest BCUT2D eigenvalue weighted by Gasteiger charge is -2.26. The molecule has 5 aromatic rings. The van der Waals surface area contributed by atoms with E-state index in [1.54, 1.807) is 52.4 Å². The molecule has 1 N–H and O–H groups in total. The Balaban J connectivity index is 0.000000215. The Hall–Kier alpha value is -3.64. The van der Waals surface area contributed by atoms with Crippen molar-refractivity contribution in [3.8, 4) is 22.7 Å². The van der Waals surface area contributed by atoms with Gasteiger partial charge in [0.25, 0.3) is 11.8 Å². The lowest BCUT2D eigenvalue weighted by Crippen LogP contribution is -2.45. The number of hydrogen-bond donors (Lipinski definition) is 1. The summed E-state index contributed by atoms with van der Waals surface area (Å²) in [5, 5.41) is 8.71. The molecule has 1 aliphatic rings. The number of aromatic nitrogens is 3. The van der Waals surface area contributed by atoms with E-state index in [1.165, 1.54) is 18.4 Å². The molecule has 292 valence electrons. The molecule has 0 aliphatic carbocycles. The molecule has 0 spiro atoms. The first-order chi connectivity index (χ1) is 26.2. The second-order valence-electron chi connectivity index (χ2n) is 14.3. The van der Waals surface area contributed by atoms with Gasteiger partial charge in [0.15, 0.2) is 10.5 Å². The van der Waals surface area contributed by atoms with Crippen molar-refractivity contribution in [1.29, 1.82) is 0 Å². The van der Waals surface area contributed by atoms with E-state index in [2.05, 4.69) is 54.0 Å². The van der Waals surface area contributed by atoms with Crippen LogP contribution in [-0.2, 0) is 12.0 Å². The van der Waals surface area contributed by atoms with E-state index in [4.69, 9.17) is 51.1 Å². The Bertz CT molecular complexity index is 2200. The van der Waals surface area contributed by atoms with E-state index in [1.807, 2.05) is 36.2 Å². The SMILES string of the molecule is CCCCn1cc(C(C)(C)C)sc1=NC(=O)c1cc(Cl)ccc1OC.Cc1c(C(=O)NN2CCCCC2)nn(-c2ccc(Cl)cc2Cl)c1-c1ccc(Cl)cc1. The summed E-state index contributed by atoms with van der Waals surface area (Å²) in [7, 11) is 1.53. The Morgan fingerprint density at radius 1 is 0.927 bits per heavy atom. The van der Waals surface area contributed by atoms with Crippen LogP contribution in [0.5, 0.6) is 5.75 Å². The molecule has 1 fully saturated rings. The largest absolute Gasteiger partial charge is 0.496 e. The molecular formula is C41H46Cl4N6O3S. The number of methoxy groups -OCH3 is 1. The van der Waals surface area contributed by atoms with Gasteiger partial charge in [0, 0.05) is 56.9 Å². The lowest BCUT2D eigenvalue weighted by atomic mass is 9.95. The highest BCUT2D eigenvalue weighted by Crippen LogP contribution is 2.33. The van der Waals surface area contributed by atoms with E-state index in [9.17, 15) is 9.59 Å². The number of amides is 2. The summed E-state index contributed by atoms with van der Waals surface area (Å²) < 4.78 is 9.04. The maximum Gasteiger partial charge on any atom is 0.286 e. The molecule has 0 unspecified atom stereocenters. The summed E-state index contributed by atoms with van der Waals surface area (Å²) in [4.78, 5) is 32.1. The zero-order chi connectivity index (χ0) is 39.9. The van der Waals surface area contributed by atoms with E-state index in [0.717, 1.165) is 62.1 Å². The van der Waals surface area contributed by atoms with Crippen molar-refractivity contribution in [3.05, 3.63) is 113 Å². The van der Waals surface area contributed by atoms with E-state index < -0.39 is 0 Å². The zero-order valence-corrected chi connectivity index (χ0v) is 35.7. The monoisotopic (exact) mass is 842 g/mol. The van der Waals surface area contributed by atoms with Crippen LogP contribution in [0.2, 0.25) is 20.1 Å². The van der Waals surface area contributed by atoms with E-state index in [0.29, 0.717) is 47.6 Å². The van der Waals surface area contributed by atoms with Crippen molar-refractivity contribution in [3.63, 3.8) is 0 Å². The van der Waals surface area contributed by atoms with Crippen LogP contribution >= 0.6 is 57.7 Å². The van der Waals surface area contributed by atoms with Crippen LogP contribution in [0.3, 0.4) is 0 Å². The lowest BCUT2D eigenvalue weighted by molar-refractivity contribution is 0.0743. The third kappa shape index (κ3) is 10.8. The van der Waals surface area contributed by atoms with E-state index in [-0.39, 0.29) is 17.2 Å². The molecule has 0 atom stereocenters. The Kier molecular flexibility index (Phi) is 14.7. The number of ether oxygens (including phenoxy) is 1. The molecule has 3 heterocycles. The smallest absolute Gasteiger partial charge is 0.286 e. The van der Waals surface area contributed by atoms with Crippen LogP contribution in [0, 0.1) is 6.92 Å². The van der Waals surface area contributed by atoms with Gasteiger partial charge in [0.05, 0.1) is 29.1 Å². The molecule has 0 bridgehead atoms. The Morgan fingerprint density at radius 3 is 2.22 bits per heavy atom. The summed E-state index contributed by atoms with van der Waals surface area (Å²) in [6, 6.07) is 17.6. The number of piperidine rings is 1. The normalized spacial score (nSPS) is 13.7. The number of hydrazine groups is 1. The number of carbonyl (C=O) groups excluding carboxylic acids is 2. The van der Waals surface area contributed by atoms with Crippen molar-refractivity contribution >= 4 is 69.6 Å². The quantitative estimate of drug-likeness (QED) is 0.159. The number of nitrogens with zero attached hydrogens (tertiary/aromatic N) is 5. The highest BCUT2D eigenvalue weighted by atomic mass is 35.5. The highest BCUT2D eigenvalue weighted by molar-refractivity contribution is 7.09. The summed E-state index contributed by atoms with van der Waals surface area (Å²) in [6.45, 7) is 13.1. The van der Waals surface area contributed by atoms with Crippen molar-refractivity contribution < 1.29 is 14.3 Å². The van der Waals surface area contributed by atoms with Crippen LogP contribution in [0.25, 0.3) is 16.9 Å². The van der Waals surface area contributed by atoms with Gasteiger partial charge in [-0.2, -0.15) is 10.1 Å². The topological polar surface area (TPSA) is 93.8 Å².